The van der Waals surface area contributed by atoms with Gasteiger partial charge in [-0.3, -0.25) is 9.59 Å². The van der Waals surface area contributed by atoms with Crippen LogP contribution in [0.25, 0.3) is 0 Å². The fourth-order valence-corrected chi connectivity index (χ4v) is 5.02. The standard InChI is InChI=1S/C23H35N3O6S.ClH/c1-15(2)14-20(23(29)32-5)24-21(27)18-10-12-26(13-11-18)22(28)17(4)25-33(30,31)19-8-6-16(3)7-9-19;/h6-9,15,17-18,20,25H,10-14H2,1-5H3,(H,24,27);1H/t17-,20-;/m0./s1. The summed E-state index contributed by atoms with van der Waals surface area (Å²) < 4.78 is 32.4. The summed E-state index contributed by atoms with van der Waals surface area (Å²) in [4.78, 5) is 39.1. The van der Waals surface area contributed by atoms with E-state index < -0.39 is 28.1 Å². The van der Waals surface area contributed by atoms with Gasteiger partial charge in [-0.05, 0) is 51.2 Å². The van der Waals surface area contributed by atoms with Crippen LogP contribution in [0.15, 0.2) is 29.2 Å². The number of esters is 1. The van der Waals surface area contributed by atoms with Gasteiger partial charge in [0.15, 0.2) is 0 Å². The molecular formula is C23H36ClN3O6S. The number of nitrogens with zero attached hydrogens (tertiary/aromatic N) is 1. The number of ether oxygens (including phenoxy) is 1. The Bertz CT molecular complexity index is 944. The quantitative estimate of drug-likeness (QED) is 0.483. The fraction of sp³-hybridized carbons (Fsp3) is 0.609. The van der Waals surface area contributed by atoms with Gasteiger partial charge in [0.25, 0.3) is 0 Å². The van der Waals surface area contributed by atoms with Gasteiger partial charge in [0, 0.05) is 19.0 Å². The lowest BCUT2D eigenvalue weighted by Gasteiger charge is -2.33. The predicted octanol–water partition coefficient (Wildman–Crippen LogP) is 2.03. The minimum Gasteiger partial charge on any atom is -0.467 e. The summed E-state index contributed by atoms with van der Waals surface area (Å²) in [5, 5.41) is 2.78. The normalized spacial score (nSPS) is 16.4. The third-order valence-electron chi connectivity index (χ3n) is 5.72. The molecule has 0 aromatic heterocycles. The van der Waals surface area contributed by atoms with Crippen LogP contribution < -0.4 is 10.0 Å². The Morgan fingerprint density at radius 3 is 2.15 bits per heavy atom. The second kappa shape index (κ2) is 13.1. The van der Waals surface area contributed by atoms with Crippen molar-refractivity contribution in [2.45, 2.75) is 63.9 Å². The van der Waals surface area contributed by atoms with Crippen LogP contribution in [-0.2, 0) is 29.1 Å². The Labute approximate surface area is 208 Å². The van der Waals surface area contributed by atoms with Crippen molar-refractivity contribution < 1.29 is 27.5 Å². The molecule has 34 heavy (non-hydrogen) atoms. The van der Waals surface area contributed by atoms with Gasteiger partial charge >= 0.3 is 5.97 Å². The van der Waals surface area contributed by atoms with E-state index in [2.05, 4.69) is 10.0 Å². The molecule has 9 nitrogen and oxygen atoms in total. The van der Waals surface area contributed by atoms with Crippen molar-refractivity contribution in [2.24, 2.45) is 11.8 Å². The molecule has 2 N–H and O–H groups in total. The Morgan fingerprint density at radius 2 is 1.65 bits per heavy atom. The smallest absolute Gasteiger partial charge is 0.328 e. The lowest BCUT2D eigenvalue weighted by Crippen LogP contribution is -2.51. The first-order chi connectivity index (χ1) is 15.4. The molecular weight excluding hydrogens is 482 g/mol. The van der Waals surface area contributed by atoms with Crippen molar-refractivity contribution in [3.63, 3.8) is 0 Å². The van der Waals surface area contributed by atoms with E-state index in [1.54, 1.807) is 17.0 Å². The Hall–Kier alpha value is -2.17. The van der Waals surface area contributed by atoms with E-state index in [9.17, 15) is 22.8 Å². The molecule has 1 aliphatic rings. The van der Waals surface area contributed by atoms with Crippen molar-refractivity contribution in [3.05, 3.63) is 29.8 Å². The monoisotopic (exact) mass is 517 g/mol. The summed E-state index contributed by atoms with van der Waals surface area (Å²) in [6, 6.07) is 4.76. The van der Waals surface area contributed by atoms with Crippen molar-refractivity contribution in [3.8, 4) is 0 Å². The maximum Gasteiger partial charge on any atom is 0.328 e. The number of sulfonamides is 1. The summed E-state index contributed by atoms with van der Waals surface area (Å²) in [5.41, 5.74) is 0.937. The predicted molar refractivity (Wildman–Crippen MR) is 131 cm³/mol. The van der Waals surface area contributed by atoms with E-state index >= 15 is 0 Å². The zero-order chi connectivity index (χ0) is 24.8. The zero-order valence-corrected chi connectivity index (χ0v) is 22.0. The van der Waals surface area contributed by atoms with Crippen LogP contribution in [0.4, 0.5) is 0 Å². The fourth-order valence-electron chi connectivity index (χ4n) is 3.82. The second-order valence-corrected chi connectivity index (χ2v) is 10.7. The minimum absolute atomic E-state index is 0. The topological polar surface area (TPSA) is 122 Å². The number of carbonyl (C=O) groups is 3. The summed E-state index contributed by atoms with van der Waals surface area (Å²) in [5.74, 6) is -1.16. The average Bonchev–Trinajstić information content (AvgIpc) is 2.77. The molecule has 2 atom stereocenters. The molecule has 1 saturated heterocycles. The van der Waals surface area contributed by atoms with Crippen LogP contribution in [-0.4, -0.2) is 63.4 Å². The molecule has 0 aliphatic carbocycles. The highest BCUT2D eigenvalue weighted by molar-refractivity contribution is 7.89. The van der Waals surface area contributed by atoms with Crippen LogP contribution in [0.3, 0.4) is 0 Å². The number of aryl methyl sites for hydroxylation is 1. The van der Waals surface area contributed by atoms with E-state index in [0.717, 1.165) is 5.56 Å². The summed E-state index contributed by atoms with van der Waals surface area (Å²) in [6.45, 7) is 7.96. The number of piperidine rings is 1. The van der Waals surface area contributed by atoms with Gasteiger partial charge in [-0.2, -0.15) is 4.72 Å². The largest absolute Gasteiger partial charge is 0.467 e. The Kier molecular flexibility index (Phi) is 11.5. The number of nitrogens with one attached hydrogen (secondary N) is 2. The van der Waals surface area contributed by atoms with Gasteiger partial charge < -0.3 is 15.0 Å². The van der Waals surface area contributed by atoms with Gasteiger partial charge in [0.05, 0.1) is 18.0 Å². The van der Waals surface area contributed by atoms with Gasteiger partial charge in [0.2, 0.25) is 21.8 Å². The molecule has 1 aromatic rings. The summed E-state index contributed by atoms with van der Waals surface area (Å²) >= 11 is 0. The van der Waals surface area contributed by atoms with Gasteiger partial charge in [-0.25, -0.2) is 13.2 Å². The number of rotatable bonds is 9. The van der Waals surface area contributed by atoms with Crippen LogP contribution >= 0.6 is 12.4 Å². The molecule has 2 rings (SSSR count). The molecule has 0 bridgehead atoms. The third kappa shape index (κ3) is 8.25. The van der Waals surface area contributed by atoms with Gasteiger partial charge in [-0.15, -0.1) is 12.4 Å². The average molecular weight is 518 g/mol. The Morgan fingerprint density at radius 1 is 1.09 bits per heavy atom. The van der Waals surface area contributed by atoms with Crippen molar-refractivity contribution in [2.75, 3.05) is 20.2 Å². The van der Waals surface area contributed by atoms with E-state index in [-0.39, 0.29) is 41.0 Å². The molecule has 0 radical (unpaired) electrons. The number of hydrogen-bond acceptors (Lipinski definition) is 6. The molecule has 0 saturated carbocycles. The molecule has 192 valence electrons. The summed E-state index contributed by atoms with van der Waals surface area (Å²) in [6.07, 6.45) is 1.35. The van der Waals surface area contributed by atoms with Crippen LogP contribution in [0.5, 0.6) is 0 Å². The number of likely N-dealkylation sites (tertiary alicyclic amines) is 1. The van der Waals surface area contributed by atoms with Gasteiger partial charge in [-0.1, -0.05) is 31.5 Å². The maximum atomic E-state index is 12.8. The molecule has 1 heterocycles. The number of methoxy groups -OCH3 is 1. The first kappa shape index (κ1) is 29.9. The van der Waals surface area contributed by atoms with Crippen molar-refractivity contribution >= 4 is 40.2 Å². The van der Waals surface area contributed by atoms with Crippen LogP contribution in [0, 0.1) is 18.8 Å². The first-order valence-corrected chi connectivity index (χ1v) is 12.7. The highest BCUT2D eigenvalue weighted by atomic mass is 35.5. The van der Waals surface area contributed by atoms with Crippen molar-refractivity contribution in [1.82, 2.24) is 14.9 Å². The highest BCUT2D eigenvalue weighted by Gasteiger charge is 2.33. The third-order valence-corrected chi connectivity index (χ3v) is 7.28. The van der Waals surface area contributed by atoms with E-state index in [1.807, 2.05) is 20.8 Å². The molecule has 1 aliphatic heterocycles. The molecule has 0 spiro atoms. The number of amides is 2. The zero-order valence-electron chi connectivity index (χ0n) is 20.4. The number of halogens is 1. The molecule has 1 fully saturated rings. The number of benzene rings is 1. The number of carbonyl (C=O) groups excluding carboxylic acids is 3. The van der Waals surface area contributed by atoms with Gasteiger partial charge in [0.1, 0.15) is 6.04 Å². The van der Waals surface area contributed by atoms with E-state index in [0.29, 0.717) is 32.4 Å². The Balaban J connectivity index is 0.00000578. The summed E-state index contributed by atoms with van der Waals surface area (Å²) in [7, 11) is -2.53. The molecule has 1 aromatic carbocycles. The van der Waals surface area contributed by atoms with E-state index in [1.165, 1.54) is 26.2 Å². The first-order valence-electron chi connectivity index (χ1n) is 11.2. The van der Waals surface area contributed by atoms with Crippen LogP contribution in [0.1, 0.15) is 45.6 Å². The SMILES string of the molecule is COC(=O)[C@H](CC(C)C)NC(=O)C1CCN(C(=O)[C@H](C)NS(=O)(=O)c2ccc(C)cc2)CC1.Cl. The maximum absolute atomic E-state index is 12.8. The van der Waals surface area contributed by atoms with Crippen molar-refractivity contribution in [1.29, 1.82) is 0 Å². The molecule has 2 amide bonds. The molecule has 11 heteroatoms. The second-order valence-electron chi connectivity index (χ2n) is 8.97. The van der Waals surface area contributed by atoms with E-state index in [4.69, 9.17) is 4.74 Å². The van der Waals surface area contributed by atoms with Crippen LogP contribution in [0.2, 0.25) is 0 Å². The molecule has 0 unspecified atom stereocenters. The minimum atomic E-state index is -3.82. The highest BCUT2D eigenvalue weighted by Crippen LogP contribution is 2.20. The lowest BCUT2D eigenvalue weighted by atomic mass is 9.94. The number of hydrogen-bond donors (Lipinski definition) is 2. The lowest BCUT2D eigenvalue weighted by molar-refractivity contribution is -0.146.